The number of aryl methyl sites for hydroxylation is 1. The van der Waals surface area contributed by atoms with E-state index in [9.17, 15) is 9.59 Å². The Morgan fingerprint density at radius 3 is 2.61 bits per heavy atom. The maximum Gasteiger partial charge on any atom is 0.411 e. The molecule has 1 aliphatic heterocycles. The van der Waals surface area contributed by atoms with E-state index in [0.717, 1.165) is 28.3 Å². The average molecular weight is 428 g/mol. The van der Waals surface area contributed by atoms with Crippen molar-refractivity contribution in [2.45, 2.75) is 45.9 Å². The number of methoxy groups -OCH3 is 2. The summed E-state index contributed by atoms with van der Waals surface area (Å²) in [5, 5.41) is 0. The standard InChI is InChI=1S/C23H28N2O6/c1-15-6-9-20(28-4)19(24-15)14-30-18-8-7-17-13-25(11-10-16(17)12-18)22(27)31-23(2,3)21(26)29-5/h6-9,12H,10-11,13-14H2,1-5H3. The fourth-order valence-electron chi connectivity index (χ4n) is 3.38. The number of ether oxygens (including phenoxy) is 4. The first kappa shape index (κ1) is 22.4. The van der Waals surface area contributed by atoms with Crippen LogP contribution in [0.25, 0.3) is 0 Å². The van der Waals surface area contributed by atoms with Gasteiger partial charge in [0.1, 0.15) is 23.8 Å². The number of pyridine rings is 1. The van der Waals surface area contributed by atoms with Gasteiger partial charge in [0.2, 0.25) is 5.60 Å². The van der Waals surface area contributed by atoms with Crippen molar-refractivity contribution in [3.05, 3.63) is 52.8 Å². The molecule has 3 rings (SSSR count). The van der Waals surface area contributed by atoms with E-state index in [1.165, 1.54) is 21.0 Å². The van der Waals surface area contributed by atoms with E-state index < -0.39 is 17.7 Å². The summed E-state index contributed by atoms with van der Waals surface area (Å²) >= 11 is 0. The van der Waals surface area contributed by atoms with Gasteiger partial charge in [-0.1, -0.05) is 6.07 Å². The predicted molar refractivity (Wildman–Crippen MR) is 113 cm³/mol. The third kappa shape index (κ3) is 5.25. The average Bonchev–Trinajstić information content (AvgIpc) is 2.76. The topological polar surface area (TPSA) is 87.2 Å². The van der Waals surface area contributed by atoms with E-state index in [-0.39, 0.29) is 0 Å². The Balaban J connectivity index is 1.64. The molecular formula is C23H28N2O6. The lowest BCUT2D eigenvalue weighted by atomic mass is 10.00. The SMILES string of the molecule is COC(=O)C(C)(C)OC(=O)N1CCc2cc(OCc3nc(C)ccc3OC)ccc2C1. The number of nitrogens with zero attached hydrogens (tertiary/aromatic N) is 2. The molecule has 8 nitrogen and oxygen atoms in total. The van der Waals surface area contributed by atoms with Crippen LogP contribution in [0.15, 0.2) is 30.3 Å². The van der Waals surface area contributed by atoms with Gasteiger partial charge in [0, 0.05) is 18.8 Å². The molecule has 1 aromatic carbocycles. The summed E-state index contributed by atoms with van der Waals surface area (Å²) in [6.07, 6.45) is 0.116. The lowest BCUT2D eigenvalue weighted by molar-refractivity contribution is -0.159. The number of benzene rings is 1. The van der Waals surface area contributed by atoms with Crippen molar-refractivity contribution in [3.63, 3.8) is 0 Å². The molecule has 31 heavy (non-hydrogen) atoms. The van der Waals surface area contributed by atoms with Gasteiger partial charge in [-0.3, -0.25) is 4.98 Å². The molecule has 2 aromatic rings. The number of esters is 1. The van der Waals surface area contributed by atoms with Crippen LogP contribution >= 0.6 is 0 Å². The second-order valence-electron chi connectivity index (χ2n) is 7.86. The molecular weight excluding hydrogens is 400 g/mol. The van der Waals surface area contributed by atoms with Crippen molar-refractivity contribution >= 4 is 12.1 Å². The largest absolute Gasteiger partial charge is 0.495 e. The molecule has 0 saturated heterocycles. The van der Waals surface area contributed by atoms with Crippen LogP contribution in [0.1, 0.15) is 36.4 Å². The van der Waals surface area contributed by atoms with Crippen LogP contribution in [0, 0.1) is 6.92 Å². The molecule has 1 aromatic heterocycles. The zero-order valence-electron chi connectivity index (χ0n) is 18.6. The van der Waals surface area contributed by atoms with Gasteiger partial charge >= 0.3 is 12.1 Å². The van der Waals surface area contributed by atoms with Crippen LogP contribution in [0.2, 0.25) is 0 Å². The highest BCUT2D eigenvalue weighted by atomic mass is 16.6. The predicted octanol–water partition coefficient (Wildman–Crippen LogP) is 3.42. The highest BCUT2D eigenvalue weighted by Gasteiger charge is 2.35. The van der Waals surface area contributed by atoms with Crippen LogP contribution in [0.4, 0.5) is 4.79 Å². The highest BCUT2D eigenvalue weighted by molar-refractivity contribution is 5.82. The second-order valence-corrected chi connectivity index (χ2v) is 7.86. The molecule has 0 saturated carbocycles. The smallest absolute Gasteiger partial charge is 0.411 e. The van der Waals surface area contributed by atoms with E-state index in [1.807, 2.05) is 37.3 Å². The Bertz CT molecular complexity index is 973. The normalized spacial score (nSPS) is 13.3. The van der Waals surface area contributed by atoms with Crippen molar-refractivity contribution < 1.29 is 28.5 Å². The van der Waals surface area contributed by atoms with Gasteiger partial charge in [0.15, 0.2) is 0 Å². The van der Waals surface area contributed by atoms with E-state index in [1.54, 1.807) is 12.0 Å². The van der Waals surface area contributed by atoms with Crippen LogP contribution in [0.3, 0.4) is 0 Å². The summed E-state index contributed by atoms with van der Waals surface area (Å²) in [5.41, 5.74) is 2.42. The molecule has 8 heteroatoms. The number of hydrogen-bond donors (Lipinski definition) is 0. The van der Waals surface area contributed by atoms with Gasteiger partial charge in [-0.05, 0) is 62.6 Å². The first-order valence-electron chi connectivity index (χ1n) is 10.0. The lowest BCUT2D eigenvalue weighted by Crippen LogP contribution is -2.44. The molecule has 0 radical (unpaired) electrons. The monoisotopic (exact) mass is 428 g/mol. The van der Waals surface area contributed by atoms with Crippen molar-refractivity contribution in [1.82, 2.24) is 9.88 Å². The summed E-state index contributed by atoms with van der Waals surface area (Å²) < 4.78 is 21.3. The molecule has 0 spiro atoms. The molecule has 166 valence electrons. The van der Waals surface area contributed by atoms with Gasteiger partial charge in [0.05, 0.1) is 14.2 Å². The van der Waals surface area contributed by atoms with Crippen molar-refractivity contribution in [1.29, 1.82) is 0 Å². The molecule has 1 amide bonds. The van der Waals surface area contributed by atoms with Gasteiger partial charge in [-0.25, -0.2) is 9.59 Å². The number of rotatable bonds is 6. The van der Waals surface area contributed by atoms with E-state index >= 15 is 0 Å². The summed E-state index contributed by atoms with van der Waals surface area (Å²) in [5.74, 6) is 0.819. The van der Waals surface area contributed by atoms with E-state index in [2.05, 4.69) is 9.72 Å². The molecule has 0 aliphatic carbocycles. The molecule has 0 bridgehead atoms. The maximum absolute atomic E-state index is 12.5. The molecule has 2 heterocycles. The summed E-state index contributed by atoms with van der Waals surface area (Å²) in [6.45, 7) is 6.13. The third-order valence-electron chi connectivity index (χ3n) is 5.13. The second kappa shape index (κ2) is 9.24. The van der Waals surface area contributed by atoms with Crippen molar-refractivity contribution in [2.75, 3.05) is 20.8 Å². The summed E-state index contributed by atoms with van der Waals surface area (Å²) in [4.78, 5) is 30.3. The molecule has 0 fully saturated rings. The minimum atomic E-state index is -1.34. The third-order valence-corrected chi connectivity index (χ3v) is 5.13. The van der Waals surface area contributed by atoms with Crippen molar-refractivity contribution in [3.8, 4) is 11.5 Å². The molecule has 0 atom stereocenters. The minimum Gasteiger partial charge on any atom is -0.495 e. The van der Waals surface area contributed by atoms with Gasteiger partial charge in [-0.2, -0.15) is 0 Å². The van der Waals surface area contributed by atoms with Crippen LogP contribution in [-0.4, -0.2) is 48.3 Å². The lowest BCUT2D eigenvalue weighted by Gasteiger charge is -2.31. The van der Waals surface area contributed by atoms with Crippen molar-refractivity contribution in [2.24, 2.45) is 0 Å². The van der Waals surface area contributed by atoms with E-state index in [0.29, 0.717) is 31.9 Å². The summed E-state index contributed by atoms with van der Waals surface area (Å²) in [7, 11) is 2.87. The fourth-order valence-corrected chi connectivity index (χ4v) is 3.38. The summed E-state index contributed by atoms with van der Waals surface area (Å²) in [6, 6.07) is 9.57. The maximum atomic E-state index is 12.5. The fraction of sp³-hybridized carbons (Fsp3) is 0.435. The Hall–Kier alpha value is -3.29. The Kier molecular flexibility index (Phi) is 6.68. The van der Waals surface area contributed by atoms with Gasteiger partial charge in [-0.15, -0.1) is 0 Å². The minimum absolute atomic E-state index is 0.296. The molecule has 0 unspecified atom stereocenters. The van der Waals surface area contributed by atoms with Gasteiger partial charge in [0.25, 0.3) is 0 Å². The van der Waals surface area contributed by atoms with E-state index in [4.69, 9.17) is 14.2 Å². The van der Waals surface area contributed by atoms with Gasteiger partial charge < -0.3 is 23.8 Å². The van der Waals surface area contributed by atoms with Crippen LogP contribution < -0.4 is 9.47 Å². The Morgan fingerprint density at radius 2 is 1.90 bits per heavy atom. The number of amides is 1. The number of fused-ring (bicyclic) bond motifs is 1. The first-order valence-corrected chi connectivity index (χ1v) is 10.0. The zero-order chi connectivity index (χ0) is 22.6. The number of carbonyl (C=O) groups excluding carboxylic acids is 2. The Labute approximate surface area is 182 Å². The zero-order valence-corrected chi connectivity index (χ0v) is 18.6. The number of aromatic nitrogens is 1. The first-order chi connectivity index (χ1) is 14.7. The molecule has 0 N–H and O–H groups in total. The number of carbonyl (C=O) groups is 2. The molecule has 1 aliphatic rings. The number of hydrogen-bond acceptors (Lipinski definition) is 7. The van der Waals surface area contributed by atoms with Crippen LogP contribution in [0.5, 0.6) is 11.5 Å². The van der Waals surface area contributed by atoms with Crippen LogP contribution in [-0.2, 0) is 33.8 Å². The Morgan fingerprint density at radius 1 is 1.13 bits per heavy atom. The highest BCUT2D eigenvalue weighted by Crippen LogP contribution is 2.26. The quantitative estimate of drug-likeness (QED) is 0.652.